The van der Waals surface area contributed by atoms with Crippen LogP contribution in [0.3, 0.4) is 0 Å². The molecule has 13 rings (SSSR count). The Morgan fingerprint density at radius 1 is 0.312 bits per heavy atom. The summed E-state index contributed by atoms with van der Waals surface area (Å²) in [6.45, 7) is 0. The zero-order chi connectivity index (χ0) is 42.1. The summed E-state index contributed by atoms with van der Waals surface area (Å²) in [7, 11) is 0. The molecule has 0 atom stereocenters. The number of hydrogen-bond acceptors (Lipinski definition) is 4. The molecule has 10 aromatic carbocycles. The third-order valence-electron chi connectivity index (χ3n) is 12.7. The van der Waals surface area contributed by atoms with Gasteiger partial charge in [-0.05, 0) is 112 Å². The number of anilines is 3. The van der Waals surface area contributed by atoms with Crippen LogP contribution in [-0.4, -0.2) is 0 Å². The molecule has 0 saturated heterocycles. The van der Waals surface area contributed by atoms with Crippen LogP contribution >= 0.6 is 11.3 Å². The van der Waals surface area contributed by atoms with E-state index in [0.29, 0.717) is 0 Å². The Bertz CT molecular complexity index is 3890. The van der Waals surface area contributed by atoms with Gasteiger partial charge in [0.1, 0.15) is 22.3 Å². The van der Waals surface area contributed by atoms with Crippen LogP contribution in [-0.2, 0) is 0 Å². The summed E-state index contributed by atoms with van der Waals surface area (Å²) in [6, 6.07) is 80.3. The van der Waals surface area contributed by atoms with E-state index in [1.807, 2.05) is 23.5 Å². The highest BCUT2D eigenvalue weighted by Crippen LogP contribution is 2.50. The molecule has 0 aliphatic carbocycles. The second-order valence-corrected chi connectivity index (χ2v) is 17.5. The van der Waals surface area contributed by atoms with Gasteiger partial charge in [-0.25, -0.2) is 0 Å². The molecule has 0 saturated carbocycles. The Hall–Kier alpha value is -8.18. The van der Waals surface area contributed by atoms with E-state index in [9.17, 15) is 0 Å². The summed E-state index contributed by atoms with van der Waals surface area (Å²) in [6.07, 6.45) is 0. The van der Waals surface area contributed by atoms with Crippen LogP contribution in [0, 0.1) is 0 Å². The van der Waals surface area contributed by atoms with Crippen molar-refractivity contribution in [2.75, 3.05) is 4.90 Å². The van der Waals surface area contributed by atoms with Crippen LogP contribution in [0.15, 0.2) is 233 Å². The molecule has 0 aliphatic heterocycles. The van der Waals surface area contributed by atoms with Crippen molar-refractivity contribution >= 4 is 92.4 Å². The molecule has 0 bridgehead atoms. The van der Waals surface area contributed by atoms with Gasteiger partial charge >= 0.3 is 0 Å². The van der Waals surface area contributed by atoms with E-state index in [0.717, 1.165) is 83.2 Å². The van der Waals surface area contributed by atoms with Crippen molar-refractivity contribution in [1.29, 1.82) is 0 Å². The minimum Gasteiger partial charge on any atom is -0.456 e. The molecule has 0 spiro atoms. The molecule has 300 valence electrons. The molecule has 13 aromatic rings. The number of benzene rings is 10. The van der Waals surface area contributed by atoms with Gasteiger partial charge in [0.2, 0.25) is 0 Å². The van der Waals surface area contributed by atoms with Crippen LogP contribution in [0.5, 0.6) is 0 Å². The Kier molecular flexibility index (Phi) is 8.40. The highest BCUT2D eigenvalue weighted by molar-refractivity contribution is 7.26. The number of hydrogen-bond donors (Lipinski definition) is 0. The van der Waals surface area contributed by atoms with Crippen molar-refractivity contribution in [2.24, 2.45) is 0 Å². The molecule has 0 aliphatic rings. The van der Waals surface area contributed by atoms with E-state index in [1.54, 1.807) is 0 Å². The Labute approximate surface area is 373 Å². The van der Waals surface area contributed by atoms with Gasteiger partial charge in [-0.15, -0.1) is 11.3 Å². The molecule has 0 N–H and O–H groups in total. The van der Waals surface area contributed by atoms with Crippen molar-refractivity contribution in [3.05, 3.63) is 224 Å². The average Bonchev–Trinajstić information content (AvgIpc) is 4.06. The monoisotopic (exact) mass is 835 g/mol. The van der Waals surface area contributed by atoms with Crippen molar-refractivity contribution in [1.82, 2.24) is 0 Å². The fraction of sp³-hybridized carbons (Fsp3) is 0. The van der Waals surface area contributed by atoms with E-state index in [1.165, 1.54) is 42.4 Å². The van der Waals surface area contributed by atoms with Gasteiger partial charge in [-0.2, -0.15) is 0 Å². The summed E-state index contributed by atoms with van der Waals surface area (Å²) >= 11 is 1.85. The smallest absolute Gasteiger partial charge is 0.145 e. The molecule has 0 fully saturated rings. The van der Waals surface area contributed by atoms with Crippen molar-refractivity contribution in [2.45, 2.75) is 0 Å². The molecule has 64 heavy (non-hydrogen) atoms. The molecule has 3 heterocycles. The van der Waals surface area contributed by atoms with Gasteiger partial charge in [0.25, 0.3) is 0 Å². The predicted octanol–water partition coefficient (Wildman–Crippen LogP) is 18.0. The lowest BCUT2D eigenvalue weighted by Crippen LogP contribution is -2.10. The third kappa shape index (κ3) is 5.95. The lowest BCUT2D eigenvalue weighted by Gasteiger charge is -2.27. The first-order valence-electron chi connectivity index (χ1n) is 21.6. The molecular formula is C60H37NO2S. The molecule has 0 radical (unpaired) electrons. The van der Waals surface area contributed by atoms with Crippen LogP contribution in [0.25, 0.3) is 109 Å². The van der Waals surface area contributed by atoms with Crippen LogP contribution in [0.4, 0.5) is 17.1 Å². The number of fused-ring (bicyclic) bond motifs is 9. The largest absolute Gasteiger partial charge is 0.456 e. The van der Waals surface area contributed by atoms with E-state index >= 15 is 0 Å². The first kappa shape index (κ1) is 36.5. The second kappa shape index (κ2) is 14.7. The van der Waals surface area contributed by atoms with Crippen molar-refractivity contribution in [3.8, 4) is 44.5 Å². The van der Waals surface area contributed by atoms with Gasteiger partial charge in [0, 0.05) is 59.3 Å². The molecule has 3 nitrogen and oxygen atoms in total. The normalized spacial score (nSPS) is 11.8. The summed E-state index contributed by atoms with van der Waals surface area (Å²) in [5.74, 6) is 0. The molecule has 0 unspecified atom stereocenters. The lowest BCUT2D eigenvalue weighted by atomic mass is 9.94. The Balaban J connectivity index is 1.09. The molecular weight excluding hydrogens is 799 g/mol. The minimum absolute atomic E-state index is 0.840. The zero-order valence-electron chi connectivity index (χ0n) is 34.5. The maximum Gasteiger partial charge on any atom is 0.145 e. The first-order chi connectivity index (χ1) is 31.7. The van der Waals surface area contributed by atoms with E-state index in [-0.39, 0.29) is 0 Å². The number of rotatable bonds is 7. The van der Waals surface area contributed by atoms with E-state index in [4.69, 9.17) is 8.83 Å². The average molecular weight is 836 g/mol. The zero-order valence-corrected chi connectivity index (χ0v) is 35.4. The first-order valence-corrected chi connectivity index (χ1v) is 22.5. The lowest BCUT2D eigenvalue weighted by molar-refractivity contribution is 0.669. The Morgan fingerprint density at radius 3 is 1.66 bits per heavy atom. The van der Waals surface area contributed by atoms with Gasteiger partial charge in [0.15, 0.2) is 0 Å². The van der Waals surface area contributed by atoms with Crippen LogP contribution in [0.1, 0.15) is 0 Å². The quantitative estimate of drug-likeness (QED) is 0.160. The molecule has 3 aromatic heterocycles. The van der Waals surface area contributed by atoms with Gasteiger partial charge in [0.05, 0.1) is 11.1 Å². The number of furan rings is 2. The standard InChI is InChI=1S/C60H37NO2S/c1-5-15-38(16-6-1)42-25-28-49-54(34-42)63-60-46(40-19-9-3-10-20-40)30-31-52(59(49)60)61(45-26-29-48-47-23-13-14-24-53(47)62-55(48)37-45)44-27-32-56-51(36-44)58-50(41-21-11-4-12-22-41)33-43(35-57(58)64-56)39-17-7-2-8-18-39/h1-37H. The fourth-order valence-corrected chi connectivity index (χ4v) is 10.8. The van der Waals surface area contributed by atoms with Crippen molar-refractivity contribution in [3.63, 3.8) is 0 Å². The van der Waals surface area contributed by atoms with Crippen LogP contribution < -0.4 is 4.90 Å². The maximum absolute atomic E-state index is 7.06. The van der Waals surface area contributed by atoms with E-state index in [2.05, 4.69) is 217 Å². The minimum atomic E-state index is 0.840. The van der Waals surface area contributed by atoms with Crippen LogP contribution in [0.2, 0.25) is 0 Å². The van der Waals surface area contributed by atoms with E-state index < -0.39 is 0 Å². The topological polar surface area (TPSA) is 29.5 Å². The maximum atomic E-state index is 7.06. The number of thiophene rings is 1. The summed E-state index contributed by atoms with van der Waals surface area (Å²) in [4.78, 5) is 2.40. The highest BCUT2D eigenvalue weighted by atomic mass is 32.1. The molecule has 4 heteroatoms. The SMILES string of the molecule is c1ccc(-c2ccc3c(c2)oc2c(-c4ccccc4)ccc(N(c4ccc5c(c4)oc4ccccc45)c4ccc5sc6cc(-c7ccccc7)cc(-c7ccccc7)c6c5c4)c23)cc1. The predicted molar refractivity (Wildman–Crippen MR) is 270 cm³/mol. The van der Waals surface area contributed by atoms with Gasteiger partial charge in [-0.3, -0.25) is 0 Å². The fourth-order valence-electron chi connectivity index (χ4n) is 9.66. The number of para-hydroxylation sites is 1. The molecule has 0 amide bonds. The van der Waals surface area contributed by atoms with Gasteiger partial charge < -0.3 is 13.7 Å². The highest BCUT2D eigenvalue weighted by Gasteiger charge is 2.25. The summed E-state index contributed by atoms with van der Waals surface area (Å²) < 4.78 is 16.1. The van der Waals surface area contributed by atoms with Gasteiger partial charge in [-0.1, -0.05) is 146 Å². The summed E-state index contributed by atoms with van der Waals surface area (Å²) in [5, 5.41) is 6.77. The third-order valence-corrected chi connectivity index (χ3v) is 13.8. The second-order valence-electron chi connectivity index (χ2n) is 16.4. The Morgan fingerprint density at radius 2 is 0.906 bits per heavy atom. The summed E-state index contributed by atoms with van der Waals surface area (Å²) in [5.41, 5.74) is 15.7. The van der Waals surface area contributed by atoms with Crippen molar-refractivity contribution < 1.29 is 8.83 Å². The number of nitrogens with zero attached hydrogens (tertiary/aromatic N) is 1.